The minimum absolute atomic E-state index is 0.215. The molecule has 0 aromatic heterocycles. The molecule has 1 saturated heterocycles. The quantitative estimate of drug-likeness (QED) is 0.577. The van der Waals surface area contributed by atoms with E-state index in [0.717, 1.165) is 26.2 Å². The molecule has 1 fully saturated rings. The van der Waals surface area contributed by atoms with Gasteiger partial charge in [0, 0.05) is 32.2 Å². The predicted octanol–water partition coefficient (Wildman–Crippen LogP) is -0.339. The van der Waals surface area contributed by atoms with Crippen molar-refractivity contribution in [1.82, 2.24) is 10.2 Å². The van der Waals surface area contributed by atoms with Gasteiger partial charge in [0.1, 0.15) is 0 Å². The fourth-order valence-electron chi connectivity index (χ4n) is 1.39. The molecule has 11 heavy (non-hydrogen) atoms. The third-order valence-corrected chi connectivity index (χ3v) is 2.43. The van der Waals surface area contributed by atoms with Crippen molar-refractivity contribution in [2.75, 3.05) is 26.2 Å². The van der Waals surface area contributed by atoms with Gasteiger partial charge in [-0.15, -0.1) is 0 Å². The van der Waals surface area contributed by atoms with Gasteiger partial charge in [0.25, 0.3) is 0 Å². The maximum Gasteiger partial charge on any atom is 0.0664 e. The summed E-state index contributed by atoms with van der Waals surface area (Å²) in [4.78, 5) is 2.32. The Labute approximate surface area is 68.4 Å². The van der Waals surface area contributed by atoms with Crippen molar-refractivity contribution in [3.05, 3.63) is 0 Å². The highest BCUT2D eigenvalue weighted by molar-refractivity contribution is 4.76. The normalized spacial score (nSPS) is 26.5. The van der Waals surface area contributed by atoms with Crippen LogP contribution in [0.2, 0.25) is 0 Å². The Balaban J connectivity index is 2.32. The molecule has 2 N–H and O–H groups in total. The summed E-state index contributed by atoms with van der Waals surface area (Å²) in [5.74, 6) is 0. The molecular weight excluding hydrogens is 140 g/mol. The van der Waals surface area contributed by atoms with Gasteiger partial charge in [-0.3, -0.25) is 4.90 Å². The highest BCUT2D eigenvalue weighted by Crippen LogP contribution is 2.04. The molecular formula is C8H18N2O. The number of aliphatic hydroxyl groups excluding tert-OH is 1. The van der Waals surface area contributed by atoms with Crippen molar-refractivity contribution in [3.63, 3.8) is 0 Å². The lowest BCUT2D eigenvalue weighted by Crippen LogP contribution is -2.50. The zero-order valence-corrected chi connectivity index (χ0v) is 7.38. The third-order valence-electron chi connectivity index (χ3n) is 2.43. The van der Waals surface area contributed by atoms with E-state index in [1.807, 2.05) is 6.92 Å². The number of hydrogen-bond acceptors (Lipinski definition) is 3. The van der Waals surface area contributed by atoms with E-state index in [0.29, 0.717) is 6.04 Å². The molecule has 3 nitrogen and oxygen atoms in total. The number of nitrogens with one attached hydrogen (secondary N) is 1. The highest BCUT2D eigenvalue weighted by Gasteiger charge is 2.19. The van der Waals surface area contributed by atoms with Gasteiger partial charge in [0.2, 0.25) is 0 Å². The second-order valence-corrected chi connectivity index (χ2v) is 3.27. The number of rotatable bonds is 2. The Morgan fingerprint density at radius 3 is 2.27 bits per heavy atom. The van der Waals surface area contributed by atoms with Crippen LogP contribution in [0.25, 0.3) is 0 Å². The molecule has 0 radical (unpaired) electrons. The summed E-state index contributed by atoms with van der Waals surface area (Å²) >= 11 is 0. The van der Waals surface area contributed by atoms with Crippen LogP contribution >= 0.6 is 0 Å². The molecule has 1 rings (SSSR count). The summed E-state index contributed by atoms with van der Waals surface area (Å²) < 4.78 is 0. The lowest BCUT2D eigenvalue weighted by atomic mass is 10.1. The monoisotopic (exact) mass is 158 g/mol. The fraction of sp³-hybridized carbons (Fsp3) is 1.00. The van der Waals surface area contributed by atoms with Crippen molar-refractivity contribution < 1.29 is 5.11 Å². The van der Waals surface area contributed by atoms with Crippen LogP contribution in [0.4, 0.5) is 0 Å². The van der Waals surface area contributed by atoms with Gasteiger partial charge in [-0.2, -0.15) is 0 Å². The first kappa shape index (κ1) is 8.97. The molecule has 1 heterocycles. The lowest BCUT2D eigenvalue weighted by molar-refractivity contribution is 0.0633. The van der Waals surface area contributed by atoms with E-state index in [1.54, 1.807) is 0 Å². The summed E-state index contributed by atoms with van der Waals surface area (Å²) in [5.41, 5.74) is 0. The maximum absolute atomic E-state index is 9.31. The molecule has 0 saturated carbocycles. The Morgan fingerprint density at radius 2 is 1.82 bits per heavy atom. The van der Waals surface area contributed by atoms with E-state index in [2.05, 4.69) is 17.1 Å². The van der Waals surface area contributed by atoms with Crippen LogP contribution in [0.5, 0.6) is 0 Å². The van der Waals surface area contributed by atoms with E-state index < -0.39 is 0 Å². The van der Waals surface area contributed by atoms with Crippen LogP contribution in [0.1, 0.15) is 13.8 Å². The minimum Gasteiger partial charge on any atom is -0.392 e. The second kappa shape index (κ2) is 4.04. The van der Waals surface area contributed by atoms with E-state index in [-0.39, 0.29) is 6.10 Å². The Kier molecular flexibility index (Phi) is 3.30. The molecule has 0 unspecified atom stereocenters. The first-order valence-electron chi connectivity index (χ1n) is 4.34. The van der Waals surface area contributed by atoms with Crippen LogP contribution in [0.3, 0.4) is 0 Å². The van der Waals surface area contributed by atoms with E-state index in [1.165, 1.54) is 0 Å². The van der Waals surface area contributed by atoms with Gasteiger partial charge in [-0.05, 0) is 13.8 Å². The van der Waals surface area contributed by atoms with Gasteiger partial charge in [-0.1, -0.05) is 0 Å². The maximum atomic E-state index is 9.31. The van der Waals surface area contributed by atoms with Crippen LogP contribution in [0, 0.1) is 0 Å². The van der Waals surface area contributed by atoms with Crippen LogP contribution < -0.4 is 5.32 Å². The molecule has 0 aromatic carbocycles. The van der Waals surface area contributed by atoms with E-state index in [9.17, 15) is 5.11 Å². The molecule has 66 valence electrons. The standard InChI is InChI=1S/C8H18N2O/c1-7(8(2)11)10-5-3-9-4-6-10/h7-9,11H,3-6H2,1-2H3/t7-,8+/m0/s1. The van der Waals surface area contributed by atoms with Crippen molar-refractivity contribution in [1.29, 1.82) is 0 Å². The molecule has 1 aliphatic rings. The molecule has 0 aliphatic carbocycles. The zero-order chi connectivity index (χ0) is 8.27. The minimum atomic E-state index is -0.215. The summed E-state index contributed by atoms with van der Waals surface area (Å²) in [6.45, 7) is 8.16. The molecule has 1 aliphatic heterocycles. The Morgan fingerprint density at radius 1 is 1.27 bits per heavy atom. The third kappa shape index (κ3) is 2.43. The van der Waals surface area contributed by atoms with Crippen LogP contribution in [-0.4, -0.2) is 48.3 Å². The van der Waals surface area contributed by atoms with Crippen LogP contribution in [0.15, 0.2) is 0 Å². The SMILES string of the molecule is C[C@@H](O)[C@H](C)N1CCNCC1. The Bertz CT molecular complexity index is 111. The van der Waals surface area contributed by atoms with Crippen molar-refractivity contribution in [3.8, 4) is 0 Å². The van der Waals surface area contributed by atoms with Crippen molar-refractivity contribution in [2.45, 2.75) is 26.0 Å². The largest absolute Gasteiger partial charge is 0.392 e. The van der Waals surface area contributed by atoms with Gasteiger partial charge < -0.3 is 10.4 Å². The van der Waals surface area contributed by atoms with Gasteiger partial charge in [0.05, 0.1) is 6.10 Å². The Hall–Kier alpha value is -0.120. The second-order valence-electron chi connectivity index (χ2n) is 3.27. The number of aliphatic hydroxyl groups is 1. The smallest absolute Gasteiger partial charge is 0.0664 e. The highest BCUT2D eigenvalue weighted by atomic mass is 16.3. The van der Waals surface area contributed by atoms with E-state index >= 15 is 0 Å². The van der Waals surface area contributed by atoms with E-state index in [4.69, 9.17) is 0 Å². The van der Waals surface area contributed by atoms with Gasteiger partial charge in [-0.25, -0.2) is 0 Å². The molecule has 0 amide bonds. The zero-order valence-electron chi connectivity index (χ0n) is 7.38. The van der Waals surface area contributed by atoms with Crippen molar-refractivity contribution in [2.24, 2.45) is 0 Å². The number of piperazine rings is 1. The number of hydrogen-bond donors (Lipinski definition) is 2. The topological polar surface area (TPSA) is 35.5 Å². The van der Waals surface area contributed by atoms with Gasteiger partial charge >= 0.3 is 0 Å². The van der Waals surface area contributed by atoms with Crippen molar-refractivity contribution >= 4 is 0 Å². The molecule has 3 heteroatoms. The fourth-order valence-corrected chi connectivity index (χ4v) is 1.39. The summed E-state index contributed by atoms with van der Waals surface area (Å²) in [6, 6.07) is 0.303. The molecule has 0 spiro atoms. The summed E-state index contributed by atoms with van der Waals surface area (Å²) in [6.07, 6.45) is -0.215. The number of nitrogens with zero attached hydrogens (tertiary/aromatic N) is 1. The predicted molar refractivity (Wildman–Crippen MR) is 45.6 cm³/mol. The van der Waals surface area contributed by atoms with Gasteiger partial charge in [0.15, 0.2) is 0 Å². The average Bonchev–Trinajstić information content (AvgIpc) is 2.05. The lowest BCUT2D eigenvalue weighted by Gasteiger charge is -2.34. The average molecular weight is 158 g/mol. The van der Waals surface area contributed by atoms with Crippen LogP contribution in [-0.2, 0) is 0 Å². The first-order valence-corrected chi connectivity index (χ1v) is 4.34. The first-order chi connectivity index (χ1) is 5.22. The molecule has 0 aromatic rings. The molecule has 2 atom stereocenters. The summed E-state index contributed by atoms with van der Waals surface area (Å²) in [5, 5.41) is 12.6. The summed E-state index contributed by atoms with van der Waals surface area (Å²) in [7, 11) is 0. The molecule has 0 bridgehead atoms.